The minimum absolute atomic E-state index is 0.550. The molecule has 3 heterocycles. The standard InChI is InChI=1S/C13H8Cl2N6S/c1-20-10(4-5-16-20)12-19-21-11(17-18-13(21)22-12)8-6-7(14)2-3-9(8)15/h2-6H,1H3. The summed E-state index contributed by atoms with van der Waals surface area (Å²) in [5, 5.41) is 19.0. The summed E-state index contributed by atoms with van der Waals surface area (Å²) in [4.78, 5) is 0.683. The molecule has 9 heteroatoms. The summed E-state index contributed by atoms with van der Waals surface area (Å²) in [5.41, 5.74) is 1.61. The number of hydrogen-bond donors (Lipinski definition) is 0. The van der Waals surface area contributed by atoms with E-state index in [1.165, 1.54) is 11.3 Å². The van der Waals surface area contributed by atoms with Gasteiger partial charge in [-0.2, -0.15) is 14.7 Å². The first-order chi connectivity index (χ1) is 10.6. The minimum atomic E-state index is 0.550. The Kier molecular flexibility index (Phi) is 3.14. The second-order valence-corrected chi connectivity index (χ2v) is 6.39. The molecule has 0 saturated heterocycles. The van der Waals surface area contributed by atoms with Gasteiger partial charge < -0.3 is 0 Å². The van der Waals surface area contributed by atoms with Crippen LogP contribution in [0.4, 0.5) is 0 Å². The van der Waals surface area contributed by atoms with Crippen LogP contribution in [-0.4, -0.2) is 29.6 Å². The molecular weight excluding hydrogens is 343 g/mol. The van der Waals surface area contributed by atoms with E-state index in [9.17, 15) is 0 Å². The number of hydrogen-bond acceptors (Lipinski definition) is 5. The molecule has 0 aliphatic heterocycles. The molecule has 0 radical (unpaired) electrons. The van der Waals surface area contributed by atoms with Crippen molar-refractivity contribution in [2.24, 2.45) is 7.05 Å². The lowest BCUT2D eigenvalue weighted by Gasteiger charge is -2.01. The second kappa shape index (κ2) is 5.05. The molecule has 110 valence electrons. The van der Waals surface area contributed by atoms with Gasteiger partial charge in [-0.3, -0.25) is 4.68 Å². The average molecular weight is 351 g/mol. The van der Waals surface area contributed by atoms with Crippen molar-refractivity contribution in [1.82, 2.24) is 29.6 Å². The second-order valence-electron chi connectivity index (χ2n) is 4.59. The minimum Gasteiger partial charge on any atom is -0.265 e. The Morgan fingerprint density at radius 3 is 2.77 bits per heavy atom. The Hall–Kier alpha value is -1.96. The molecule has 0 amide bonds. The molecule has 0 aliphatic rings. The van der Waals surface area contributed by atoms with Crippen LogP contribution in [0.15, 0.2) is 30.5 Å². The molecule has 6 nitrogen and oxygen atoms in total. The molecule has 0 bridgehead atoms. The number of aromatic nitrogens is 6. The van der Waals surface area contributed by atoms with Crippen molar-refractivity contribution in [3.05, 3.63) is 40.5 Å². The van der Waals surface area contributed by atoms with Gasteiger partial charge in [0.1, 0.15) is 0 Å². The number of benzene rings is 1. The van der Waals surface area contributed by atoms with E-state index < -0.39 is 0 Å². The van der Waals surface area contributed by atoms with E-state index in [1.807, 2.05) is 13.1 Å². The van der Waals surface area contributed by atoms with Gasteiger partial charge in [0, 0.05) is 23.8 Å². The van der Waals surface area contributed by atoms with Gasteiger partial charge in [-0.25, -0.2) is 0 Å². The summed E-state index contributed by atoms with van der Waals surface area (Å²) < 4.78 is 3.43. The van der Waals surface area contributed by atoms with Crippen LogP contribution in [0.25, 0.3) is 27.1 Å². The van der Waals surface area contributed by atoms with Crippen LogP contribution in [0, 0.1) is 0 Å². The summed E-state index contributed by atoms with van der Waals surface area (Å²) in [7, 11) is 1.87. The van der Waals surface area contributed by atoms with E-state index >= 15 is 0 Å². The first kappa shape index (κ1) is 13.7. The van der Waals surface area contributed by atoms with Crippen LogP contribution >= 0.6 is 34.5 Å². The van der Waals surface area contributed by atoms with Crippen LogP contribution in [0.1, 0.15) is 0 Å². The lowest BCUT2D eigenvalue weighted by molar-refractivity contribution is 0.772. The molecule has 4 aromatic rings. The van der Waals surface area contributed by atoms with Crippen molar-refractivity contribution in [2.75, 3.05) is 0 Å². The van der Waals surface area contributed by atoms with Gasteiger partial charge in [-0.15, -0.1) is 10.2 Å². The Labute approximate surface area is 138 Å². The van der Waals surface area contributed by atoms with Gasteiger partial charge in [0.15, 0.2) is 10.8 Å². The Balaban J connectivity index is 1.91. The fourth-order valence-electron chi connectivity index (χ4n) is 2.14. The van der Waals surface area contributed by atoms with Crippen molar-refractivity contribution in [1.29, 1.82) is 0 Å². The molecule has 0 aliphatic carbocycles. The lowest BCUT2D eigenvalue weighted by Crippen LogP contribution is -1.95. The van der Waals surface area contributed by atoms with Crippen LogP contribution in [-0.2, 0) is 7.05 Å². The molecule has 0 spiro atoms. The smallest absolute Gasteiger partial charge is 0.235 e. The largest absolute Gasteiger partial charge is 0.265 e. The van der Waals surface area contributed by atoms with E-state index in [1.54, 1.807) is 33.6 Å². The van der Waals surface area contributed by atoms with Gasteiger partial charge in [0.05, 0.1) is 10.7 Å². The molecule has 0 unspecified atom stereocenters. The molecule has 0 saturated carbocycles. The fraction of sp³-hybridized carbons (Fsp3) is 0.0769. The number of halogens is 2. The monoisotopic (exact) mass is 350 g/mol. The number of nitrogens with zero attached hydrogens (tertiary/aromatic N) is 6. The van der Waals surface area contributed by atoms with E-state index in [2.05, 4.69) is 20.4 Å². The predicted molar refractivity (Wildman–Crippen MR) is 86.3 cm³/mol. The van der Waals surface area contributed by atoms with Crippen LogP contribution in [0.5, 0.6) is 0 Å². The summed E-state index contributed by atoms with van der Waals surface area (Å²) >= 11 is 13.7. The highest BCUT2D eigenvalue weighted by atomic mass is 35.5. The summed E-state index contributed by atoms with van der Waals surface area (Å²) in [6, 6.07) is 7.11. The quantitative estimate of drug-likeness (QED) is 0.554. The maximum atomic E-state index is 6.24. The molecule has 22 heavy (non-hydrogen) atoms. The third-order valence-electron chi connectivity index (χ3n) is 3.20. The zero-order valence-electron chi connectivity index (χ0n) is 11.2. The van der Waals surface area contributed by atoms with E-state index in [0.29, 0.717) is 26.4 Å². The summed E-state index contributed by atoms with van der Waals surface area (Å²) in [6.07, 6.45) is 1.73. The maximum Gasteiger partial charge on any atom is 0.235 e. The summed E-state index contributed by atoms with van der Waals surface area (Å²) in [6.45, 7) is 0. The van der Waals surface area contributed by atoms with Gasteiger partial charge >= 0.3 is 0 Å². The molecule has 0 atom stereocenters. The van der Waals surface area contributed by atoms with Gasteiger partial charge in [0.25, 0.3) is 0 Å². The highest BCUT2D eigenvalue weighted by molar-refractivity contribution is 7.19. The third kappa shape index (κ3) is 2.09. The topological polar surface area (TPSA) is 60.9 Å². The Morgan fingerprint density at radius 2 is 2.00 bits per heavy atom. The van der Waals surface area contributed by atoms with Gasteiger partial charge in [-0.05, 0) is 24.3 Å². The summed E-state index contributed by atoms with van der Waals surface area (Å²) in [5.74, 6) is 0.562. The van der Waals surface area contributed by atoms with E-state index in [0.717, 1.165) is 10.7 Å². The first-order valence-corrected chi connectivity index (χ1v) is 7.87. The number of rotatable bonds is 2. The zero-order chi connectivity index (χ0) is 15.3. The van der Waals surface area contributed by atoms with Crippen LogP contribution in [0.3, 0.4) is 0 Å². The third-order valence-corrected chi connectivity index (χ3v) is 4.69. The van der Waals surface area contributed by atoms with Crippen molar-refractivity contribution in [2.45, 2.75) is 0 Å². The highest BCUT2D eigenvalue weighted by Crippen LogP contribution is 2.32. The fourth-order valence-corrected chi connectivity index (χ4v) is 3.41. The number of aryl methyl sites for hydroxylation is 1. The highest BCUT2D eigenvalue weighted by Gasteiger charge is 2.17. The van der Waals surface area contributed by atoms with Crippen molar-refractivity contribution in [3.63, 3.8) is 0 Å². The van der Waals surface area contributed by atoms with Crippen molar-refractivity contribution < 1.29 is 0 Å². The zero-order valence-corrected chi connectivity index (χ0v) is 13.6. The first-order valence-electron chi connectivity index (χ1n) is 6.29. The molecular formula is C13H8Cl2N6S. The van der Waals surface area contributed by atoms with Gasteiger partial charge in [0.2, 0.25) is 4.96 Å². The average Bonchev–Trinajstić information content (AvgIpc) is 3.16. The molecule has 3 aromatic heterocycles. The SMILES string of the molecule is Cn1nccc1-c1nn2c(-c3cc(Cl)ccc3Cl)nnc2s1. The van der Waals surface area contributed by atoms with Crippen LogP contribution < -0.4 is 0 Å². The molecule has 0 N–H and O–H groups in total. The van der Waals surface area contributed by atoms with Crippen molar-refractivity contribution in [3.8, 4) is 22.1 Å². The predicted octanol–water partition coefficient (Wildman–Crippen LogP) is 3.56. The molecule has 0 fully saturated rings. The van der Waals surface area contributed by atoms with Crippen LogP contribution in [0.2, 0.25) is 10.0 Å². The maximum absolute atomic E-state index is 6.24. The van der Waals surface area contributed by atoms with E-state index in [4.69, 9.17) is 23.2 Å². The molecule has 1 aromatic carbocycles. The van der Waals surface area contributed by atoms with E-state index in [-0.39, 0.29) is 0 Å². The lowest BCUT2D eigenvalue weighted by atomic mass is 10.2. The Bertz CT molecular complexity index is 986. The number of fused-ring (bicyclic) bond motifs is 1. The van der Waals surface area contributed by atoms with Gasteiger partial charge in [-0.1, -0.05) is 34.5 Å². The normalized spacial score (nSPS) is 11.4. The molecule has 4 rings (SSSR count). The van der Waals surface area contributed by atoms with Crippen molar-refractivity contribution >= 4 is 39.5 Å². The Morgan fingerprint density at radius 1 is 1.14 bits per heavy atom.